The summed E-state index contributed by atoms with van der Waals surface area (Å²) >= 11 is 0. The lowest BCUT2D eigenvalue weighted by Gasteiger charge is -2.09. The average molecular weight is 341 g/mol. The highest BCUT2D eigenvalue weighted by Gasteiger charge is 2.14. The number of aromatic hydroxyl groups is 1. The summed E-state index contributed by atoms with van der Waals surface area (Å²) in [6, 6.07) is 9.28. The smallest absolute Gasteiger partial charge is 0.358 e. The first-order chi connectivity index (χ1) is 11.9. The number of aromatic nitrogens is 1. The first kappa shape index (κ1) is 16.2. The summed E-state index contributed by atoms with van der Waals surface area (Å²) in [4.78, 5) is 26.6. The van der Waals surface area contributed by atoms with Crippen LogP contribution in [-0.2, 0) is 0 Å². The van der Waals surface area contributed by atoms with Crippen molar-refractivity contribution in [2.45, 2.75) is 0 Å². The minimum Gasteiger partial charge on any atom is -0.505 e. The topological polar surface area (TPSA) is 112 Å². The second kappa shape index (κ2) is 6.44. The lowest BCUT2D eigenvalue weighted by molar-refractivity contribution is 0.0687. The number of carbonyl (C=O) groups is 2. The van der Waals surface area contributed by atoms with E-state index in [1.165, 1.54) is 48.7 Å². The number of carboxylic acid groups (broad SMARTS) is 1. The Labute approximate surface area is 140 Å². The number of urea groups is 1. The van der Waals surface area contributed by atoms with E-state index in [1.54, 1.807) is 0 Å². The van der Waals surface area contributed by atoms with Crippen LogP contribution in [0.3, 0.4) is 0 Å². The summed E-state index contributed by atoms with van der Waals surface area (Å²) in [5, 5.41) is 24.8. The summed E-state index contributed by atoms with van der Waals surface area (Å²) in [5.74, 6) is -2.18. The second-order valence-electron chi connectivity index (χ2n) is 5.15. The van der Waals surface area contributed by atoms with Gasteiger partial charge in [0.2, 0.25) is 0 Å². The number of anilines is 2. The summed E-state index contributed by atoms with van der Waals surface area (Å²) in [5.41, 5.74) is 0.392. The molecule has 0 aliphatic heterocycles. The molecule has 126 valence electrons. The molecule has 3 aromatic rings. The fraction of sp³-hybridized carbons (Fsp3) is 0. The summed E-state index contributed by atoms with van der Waals surface area (Å²) in [6.45, 7) is 0. The third-order valence-electron chi connectivity index (χ3n) is 3.43. The van der Waals surface area contributed by atoms with Gasteiger partial charge in [0.1, 0.15) is 5.82 Å². The molecule has 0 fully saturated rings. The molecule has 1 heterocycles. The molecule has 25 heavy (non-hydrogen) atoms. The van der Waals surface area contributed by atoms with Crippen molar-refractivity contribution in [2.75, 3.05) is 10.6 Å². The van der Waals surface area contributed by atoms with Gasteiger partial charge in [-0.05, 0) is 42.5 Å². The number of amides is 2. The van der Waals surface area contributed by atoms with Crippen molar-refractivity contribution in [3.63, 3.8) is 0 Å². The van der Waals surface area contributed by atoms with Crippen LogP contribution in [0.15, 0.2) is 48.7 Å². The zero-order valence-corrected chi connectivity index (χ0v) is 12.7. The second-order valence-corrected chi connectivity index (χ2v) is 5.15. The van der Waals surface area contributed by atoms with E-state index in [0.29, 0.717) is 22.1 Å². The quantitative estimate of drug-likeness (QED) is 0.583. The van der Waals surface area contributed by atoms with Crippen molar-refractivity contribution in [3.8, 4) is 5.75 Å². The summed E-state index contributed by atoms with van der Waals surface area (Å²) < 4.78 is 12.8. The molecule has 0 atom stereocenters. The number of aromatic carboxylic acids is 1. The van der Waals surface area contributed by atoms with Gasteiger partial charge in [-0.2, -0.15) is 0 Å². The standard InChI is InChI=1S/C17H12FN3O4/c18-10-1-3-11(4-2-10)20-17(25)21-12-5-6-13-9(7-12)8-19-14(15(13)22)16(23)24/h1-8,22H,(H,23,24)(H2,20,21,25). The van der Waals surface area contributed by atoms with Crippen LogP contribution in [-0.4, -0.2) is 27.2 Å². The van der Waals surface area contributed by atoms with Crippen molar-refractivity contribution in [1.82, 2.24) is 4.98 Å². The lowest BCUT2D eigenvalue weighted by atomic mass is 10.1. The molecule has 2 aromatic carbocycles. The molecule has 0 bridgehead atoms. The molecule has 1 aromatic heterocycles. The number of fused-ring (bicyclic) bond motifs is 1. The van der Waals surface area contributed by atoms with E-state index in [9.17, 15) is 19.1 Å². The minimum absolute atomic E-state index is 0.303. The molecule has 8 heteroatoms. The molecule has 0 aliphatic carbocycles. The van der Waals surface area contributed by atoms with Crippen LogP contribution in [0.5, 0.6) is 5.75 Å². The Morgan fingerprint density at radius 3 is 2.32 bits per heavy atom. The molecular formula is C17H12FN3O4. The number of nitrogens with zero attached hydrogens (tertiary/aromatic N) is 1. The number of hydrogen-bond donors (Lipinski definition) is 4. The fourth-order valence-corrected chi connectivity index (χ4v) is 2.27. The Morgan fingerprint density at radius 2 is 1.64 bits per heavy atom. The van der Waals surface area contributed by atoms with Crippen LogP contribution in [0.25, 0.3) is 10.8 Å². The highest BCUT2D eigenvalue weighted by Crippen LogP contribution is 2.29. The van der Waals surface area contributed by atoms with Gasteiger partial charge in [-0.25, -0.2) is 19.0 Å². The highest BCUT2D eigenvalue weighted by atomic mass is 19.1. The van der Waals surface area contributed by atoms with Gasteiger partial charge in [0, 0.05) is 28.3 Å². The SMILES string of the molecule is O=C(Nc1ccc(F)cc1)Nc1ccc2c(O)c(C(=O)O)ncc2c1. The summed E-state index contributed by atoms with van der Waals surface area (Å²) in [6.07, 6.45) is 1.29. The van der Waals surface area contributed by atoms with E-state index < -0.39 is 29.3 Å². The largest absolute Gasteiger partial charge is 0.505 e. The Morgan fingerprint density at radius 1 is 1.00 bits per heavy atom. The number of carboxylic acids is 1. The molecule has 0 radical (unpaired) electrons. The highest BCUT2D eigenvalue weighted by molar-refractivity contribution is 6.03. The van der Waals surface area contributed by atoms with Gasteiger partial charge in [-0.15, -0.1) is 0 Å². The molecule has 2 amide bonds. The van der Waals surface area contributed by atoms with Crippen molar-refractivity contribution >= 4 is 34.1 Å². The van der Waals surface area contributed by atoms with Crippen molar-refractivity contribution < 1.29 is 24.2 Å². The predicted octanol–water partition coefficient (Wildman–Crippen LogP) is 3.42. The maximum Gasteiger partial charge on any atom is 0.358 e. The maximum absolute atomic E-state index is 12.8. The van der Waals surface area contributed by atoms with E-state index >= 15 is 0 Å². The number of benzene rings is 2. The van der Waals surface area contributed by atoms with Gasteiger partial charge in [0.15, 0.2) is 11.4 Å². The monoisotopic (exact) mass is 341 g/mol. The van der Waals surface area contributed by atoms with Gasteiger partial charge < -0.3 is 20.8 Å². The third kappa shape index (κ3) is 3.47. The van der Waals surface area contributed by atoms with E-state index in [2.05, 4.69) is 15.6 Å². The van der Waals surface area contributed by atoms with Gasteiger partial charge in [-0.3, -0.25) is 0 Å². The van der Waals surface area contributed by atoms with E-state index in [-0.39, 0.29) is 0 Å². The summed E-state index contributed by atoms with van der Waals surface area (Å²) in [7, 11) is 0. The molecule has 7 nitrogen and oxygen atoms in total. The first-order valence-corrected chi connectivity index (χ1v) is 7.12. The van der Waals surface area contributed by atoms with Crippen LogP contribution in [0.4, 0.5) is 20.6 Å². The number of carbonyl (C=O) groups excluding carboxylic acids is 1. The zero-order valence-electron chi connectivity index (χ0n) is 12.7. The number of hydrogen-bond acceptors (Lipinski definition) is 4. The Bertz CT molecular complexity index is 974. The predicted molar refractivity (Wildman–Crippen MR) is 89.4 cm³/mol. The van der Waals surface area contributed by atoms with E-state index in [4.69, 9.17) is 5.11 Å². The van der Waals surface area contributed by atoms with Crippen molar-refractivity contribution in [1.29, 1.82) is 0 Å². The maximum atomic E-state index is 12.8. The number of nitrogens with one attached hydrogen (secondary N) is 2. The Hall–Kier alpha value is -3.68. The molecule has 3 rings (SSSR count). The van der Waals surface area contributed by atoms with E-state index in [1.807, 2.05) is 0 Å². The van der Waals surface area contributed by atoms with Crippen LogP contribution < -0.4 is 10.6 Å². The number of pyridine rings is 1. The van der Waals surface area contributed by atoms with Gasteiger partial charge >= 0.3 is 12.0 Å². The third-order valence-corrected chi connectivity index (χ3v) is 3.43. The van der Waals surface area contributed by atoms with Crippen LogP contribution in [0.2, 0.25) is 0 Å². The molecule has 0 saturated carbocycles. The molecule has 0 saturated heterocycles. The molecule has 0 spiro atoms. The number of halogens is 1. The molecule has 4 N–H and O–H groups in total. The Kier molecular flexibility index (Phi) is 4.17. The fourth-order valence-electron chi connectivity index (χ4n) is 2.27. The van der Waals surface area contributed by atoms with Gasteiger partial charge in [0.05, 0.1) is 0 Å². The number of rotatable bonds is 3. The lowest BCUT2D eigenvalue weighted by Crippen LogP contribution is -2.19. The molecule has 0 unspecified atom stereocenters. The van der Waals surface area contributed by atoms with Crippen molar-refractivity contribution in [2.24, 2.45) is 0 Å². The van der Waals surface area contributed by atoms with Gasteiger partial charge in [0.25, 0.3) is 0 Å². The van der Waals surface area contributed by atoms with Crippen molar-refractivity contribution in [3.05, 3.63) is 60.2 Å². The molecular weight excluding hydrogens is 329 g/mol. The van der Waals surface area contributed by atoms with Crippen LogP contribution in [0.1, 0.15) is 10.5 Å². The van der Waals surface area contributed by atoms with Crippen LogP contribution in [0, 0.1) is 5.82 Å². The first-order valence-electron chi connectivity index (χ1n) is 7.12. The zero-order chi connectivity index (χ0) is 18.0. The average Bonchev–Trinajstić information content (AvgIpc) is 2.57. The molecule has 0 aliphatic rings. The minimum atomic E-state index is -1.33. The van der Waals surface area contributed by atoms with Gasteiger partial charge in [-0.1, -0.05) is 0 Å². The normalized spacial score (nSPS) is 10.4. The Balaban J connectivity index is 1.80. The van der Waals surface area contributed by atoms with Crippen LogP contribution >= 0.6 is 0 Å². The van der Waals surface area contributed by atoms with E-state index in [0.717, 1.165) is 0 Å².